The van der Waals surface area contributed by atoms with Gasteiger partial charge >= 0.3 is 5.97 Å². The zero-order valence-electron chi connectivity index (χ0n) is 22.7. The normalized spacial score (nSPS) is 48.9. The molecule has 0 unspecified atom stereocenters. The molecule has 4 aliphatic rings. The van der Waals surface area contributed by atoms with E-state index < -0.39 is 0 Å². The Morgan fingerprint density at radius 1 is 0.879 bits per heavy atom. The number of hydrogen-bond acceptors (Lipinski definition) is 2. The number of ether oxygens (including phenoxy) is 1. The molecule has 0 aromatic carbocycles. The quantitative estimate of drug-likeness (QED) is 0.308. The minimum Gasteiger partial charge on any atom is -0.469 e. The van der Waals surface area contributed by atoms with E-state index in [0.29, 0.717) is 40.4 Å². The van der Waals surface area contributed by atoms with E-state index in [1.54, 1.807) is 0 Å². The summed E-state index contributed by atoms with van der Waals surface area (Å²) in [5.41, 5.74) is 4.03. The maximum absolute atomic E-state index is 12.2. The molecule has 0 heterocycles. The van der Waals surface area contributed by atoms with Crippen LogP contribution in [-0.2, 0) is 9.53 Å². The monoisotopic (exact) mass is 454 g/mol. The second-order valence-electron chi connectivity index (χ2n) is 13.8. The Hall–Kier alpha value is -1.05. The second-order valence-corrected chi connectivity index (χ2v) is 13.8. The van der Waals surface area contributed by atoms with Gasteiger partial charge < -0.3 is 4.74 Å². The van der Waals surface area contributed by atoms with E-state index in [1.807, 2.05) is 0 Å². The fourth-order valence-electron chi connectivity index (χ4n) is 10.5. The van der Waals surface area contributed by atoms with Crippen LogP contribution in [0.1, 0.15) is 106 Å². The van der Waals surface area contributed by atoms with Crippen LogP contribution in [0.5, 0.6) is 0 Å². The lowest BCUT2D eigenvalue weighted by Gasteiger charge is -2.71. The van der Waals surface area contributed by atoms with Gasteiger partial charge in [-0.15, -0.1) is 0 Å². The lowest BCUT2D eigenvalue weighted by molar-refractivity contribution is -0.214. The van der Waals surface area contributed by atoms with Gasteiger partial charge in [-0.2, -0.15) is 0 Å². The number of hydrogen-bond donors (Lipinski definition) is 0. The summed E-state index contributed by atoms with van der Waals surface area (Å²) in [7, 11) is 1.52. The molecule has 9 atom stereocenters. The average molecular weight is 455 g/mol. The van der Waals surface area contributed by atoms with Crippen LogP contribution in [0.2, 0.25) is 0 Å². The average Bonchev–Trinajstić information content (AvgIpc) is 3.10. The molecule has 186 valence electrons. The van der Waals surface area contributed by atoms with Gasteiger partial charge in [0.15, 0.2) is 0 Å². The molecule has 4 saturated carbocycles. The van der Waals surface area contributed by atoms with E-state index in [1.165, 1.54) is 69.6 Å². The first kappa shape index (κ1) is 25.1. The van der Waals surface area contributed by atoms with Crippen molar-refractivity contribution in [2.45, 2.75) is 106 Å². The van der Waals surface area contributed by atoms with Crippen molar-refractivity contribution in [3.63, 3.8) is 0 Å². The maximum Gasteiger partial charge on any atom is 0.305 e. The summed E-state index contributed by atoms with van der Waals surface area (Å²) in [6.07, 6.45) is 12.1. The lowest BCUT2D eigenvalue weighted by atomic mass is 9.34. The first-order chi connectivity index (χ1) is 15.3. The number of esters is 1. The summed E-state index contributed by atoms with van der Waals surface area (Å²) in [6, 6.07) is 0. The zero-order valence-corrected chi connectivity index (χ0v) is 22.7. The molecule has 0 aromatic rings. The highest BCUT2D eigenvalue weighted by molar-refractivity contribution is 5.69. The highest BCUT2D eigenvalue weighted by Crippen LogP contribution is 2.76. The molecule has 33 heavy (non-hydrogen) atoms. The van der Waals surface area contributed by atoms with E-state index in [2.05, 4.69) is 54.7 Å². The van der Waals surface area contributed by atoms with Crippen molar-refractivity contribution in [1.82, 2.24) is 0 Å². The number of carbonyl (C=O) groups is 1. The molecule has 0 amide bonds. The van der Waals surface area contributed by atoms with Gasteiger partial charge in [0, 0.05) is 6.42 Å². The van der Waals surface area contributed by atoms with Gasteiger partial charge in [0.2, 0.25) is 0 Å². The summed E-state index contributed by atoms with van der Waals surface area (Å²) in [6.45, 7) is 23.9. The van der Waals surface area contributed by atoms with Crippen LogP contribution in [-0.4, -0.2) is 13.1 Å². The van der Waals surface area contributed by atoms with Crippen molar-refractivity contribution in [2.75, 3.05) is 7.11 Å². The van der Waals surface area contributed by atoms with Gasteiger partial charge in [-0.05, 0) is 123 Å². The molecule has 0 aliphatic heterocycles. The number of allylic oxidation sites excluding steroid dienone is 2. The van der Waals surface area contributed by atoms with E-state index in [4.69, 9.17) is 4.74 Å². The summed E-state index contributed by atoms with van der Waals surface area (Å²) in [5.74, 6) is 3.38. The van der Waals surface area contributed by atoms with E-state index in [9.17, 15) is 4.79 Å². The fourth-order valence-corrected chi connectivity index (χ4v) is 10.5. The third kappa shape index (κ3) is 3.51. The minimum absolute atomic E-state index is 0.0625. The Kier molecular flexibility index (Phi) is 6.28. The number of fused-ring (bicyclic) bond motifs is 5. The first-order valence-corrected chi connectivity index (χ1v) is 13.7. The number of methoxy groups -OCH3 is 1. The number of carbonyl (C=O) groups excluding carboxylic acids is 1. The Labute approximate surface area is 204 Å². The van der Waals surface area contributed by atoms with Crippen LogP contribution in [0, 0.1) is 51.2 Å². The van der Waals surface area contributed by atoms with Crippen molar-refractivity contribution in [3.05, 3.63) is 24.3 Å². The van der Waals surface area contributed by atoms with Crippen LogP contribution in [0.3, 0.4) is 0 Å². The van der Waals surface area contributed by atoms with Crippen LogP contribution in [0.15, 0.2) is 24.3 Å². The van der Waals surface area contributed by atoms with Gasteiger partial charge in [-0.3, -0.25) is 4.79 Å². The second kappa shape index (κ2) is 8.27. The Balaban J connectivity index is 1.73. The smallest absolute Gasteiger partial charge is 0.305 e. The van der Waals surface area contributed by atoms with Crippen molar-refractivity contribution in [3.8, 4) is 0 Å². The van der Waals surface area contributed by atoms with Crippen LogP contribution < -0.4 is 0 Å². The van der Waals surface area contributed by atoms with Gasteiger partial charge in [-0.25, -0.2) is 0 Å². The van der Waals surface area contributed by atoms with Gasteiger partial charge in [0.1, 0.15) is 0 Å². The van der Waals surface area contributed by atoms with E-state index >= 15 is 0 Å². The molecule has 2 nitrogen and oxygen atoms in total. The third-order valence-corrected chi connectivity index (χ3v) is 12.4. The predicted octanol–water partition coefficient (Wildman–Crippen LogP) is 8.37. The predicted molar refractivity (Wildman–Crippen MR) is 138 cm³/mol. The molecule has 0 spiro atoms. The molecule has 0 bridgehead atoms. The minimum atomic E-state index is -0.0625. The molecular formula is C31H50O2. The van der Waals surface area contributed by atoms with E-state index in [0.717, 1.165) is 18.3 Å². The molecule has 4 rings (SSSR count). The third-order valence-electron chi connectivity index (χ3n) is 12.4. The van der Waals surface area contributed by atoms with E-state index in [-0.39, 0.29) is 11.4 Å². The summed E-state index contributed by atoms with van der Waals surface area (Å²) < 4.78 is 5.07. The van der Waals surface area contributed by atoms with Crippen LogP contribution >= 0.6 is 0 Å². The van der Waals surface area contributed by atoms with Gasteiger partial charge in [-0.1, -0.05) is 52.0 Å². The topological polar surface area (TPSA) is 26.3 Å². The summed E-state index contributed by atoms with van der Waals surface area (Å²) in [5, 5.41) is 0. The van der Waals surface area contributed by atoms with Crippen molar-refractivity contribution < 1.29 is 9.53 Å². The molecular weight excluding hydrogens is 404 g/mol. The zero-order chi connectivity index (χ0) is 24.4. The molecule has 4 fully saturated rings. The summed E-state index contributed by atoms with van der Waals surface area (Å²) >= 11 is 0. The standard InChI is InChI=1S/C31H50O2/c1-20(2)22-12-15-28(5)18-19-30(7)24(27(22)28)10-11-25-29(6,16-14-26(32)33-9)23(21(3)4)13-17-31(25,30)8/h22-25,27H,1,3,10-19H2,2,4-9H3/t22-,23+,24-,25-,27-,28+,29+,30+,31-/m1/s1. The first-order valence-electron chi connectivity index (χ1n) is 13.7. The van der Waals surface area contributed by atoms with Crippen molar-refractivity contribution in [1.29, 1.82) is 0 Å². The fraction of sp³-hybridized carbons (Fsp3) is 0.839. The molecule has 0 saturated heterocycles. The summed E-state index contributed by atoms with van der Waals surface area (Å²) in [4.78, 5) is 12.2. The van der Waals surface area contributed by atoms with Crippen LogP contribution in [0.4, 0.5) is 0 Å². The molecule has 2 heteroatoms. The van der Waals surface area contributed by atoms with Gasteiger partial charge in [0.25, 0.3) is 0 Å². The largest absolute Gasteiger partial charge is 0.469 e. The Morgan fingerprint density at radius 3 is 2.18 bits per heavy atom. The molecule has 0 radical (unpaired) electrons. The molecule has 4 aliphatic carbocycles. The Bertz CT molecular complexity index is 827. The Morgan fingerprint density at radius 2 is 1.58 bits per heavy atom. The van der Waals surface area contributed by atoms with Crippen LogP contribution in [0.25, 0.3) is 0 Å². The lowest BCUT2D eigenvalue weighted by Crippen LogP contribution is -2.63. The maximum atomic E-state index is 12.2. The van der Waals surface area contributed by atoms with Gasteiger partial charge in [0.05, 0.1) is 7.11 Å². The SMILES string of the molecule is C=C(C)[C@H]1CC[C@@]2(C)CC[C@@]3(C)[C@H](CC[C@@H]4[C@@](C)(CCC(=O)OC)[C@H](C(=C)C)CC[C@]43C)[C@@H]12. The number of rotatable bonds is 5. The van der Waals surface area contributed by atoms with Crippen molar-refractivity contribution in [2.24, 2.45) is 51.2 Å². The highest BCUT2D eigenvalue weighted by atomic mass is 16.5. The van der Waals surface area contributed by atoms with Crippen molar-refractivity contribution >= 4 is 5.97 Å². The molecule has 0 aromatic heterocycles. The molecule has 0 N–H and O–H groups in total. The highest BCUT2D eigenvalue weighted by Gasteiger charge is 2.68.